The summed E-state index contributed by atoms with van der Waals surface area (Å²) < 4.78 is 20.7. The van der Waals surface area contributed by atoms with Gasteiger partial charge in [0.25, 0.3) is 5.56 Å². The highest BCUT2D eigenvalue weighted by molar-refractivity contribution is 7.15. The SMILES string of the molecule is COc1cc(C=c2sc3nc(-c4cc(C)nc(C)c4)cn3c2=O)cc(F)c1O. The molecule has 0 saturated heterocycles. The Morgan fingerprint density at radius 3 is 2.54 bits per heavy atom. The first kappa shape index (κ1) is 18.1. The number of phenolic OH excluding ortho intramolecular Hbond substituents is 1. The third kappa shape index (κ3) is 3.11. The minimum atomic E-state index is -0.815. The van der Waals surface area contributed by atoms with Gasteiger partial charge in [0.1, 0.15) is 0 Å². The maximum atomic E-state index is 13.8. The molecule has 3 aromatic heterocycles. The third-order valence-corrected chi connectivity index (χ3v) is 5.23. The van der Waals surface area contributed by atoms with E-state index in [1.165, 1.54) is 28.9 Å². The molecule has 0 aliphatic rings. The molecule has 4 rings (SSSR count). The van der Waals surface area contributed by atoms with E-state index < -0.39 is 11.6 Å². The Kier molecular flexibility index (Phi) is 4.35. The molecular weight excluding hydrogens is 381 g/mol. The van der Waals surface area contributed by atoms with Gasteiger partial charge < -0.3 is 9.84 Å². The van der Waals surface area contributed by atoms with Gasteiger partial charge in [-0.25, -0.2) is 9.37 Å². The molecule has 28 heavy (non-hydrogen) atoms. The predicted octanol–water partition coefficient (Wildman–Crippen LogP) is 2.84. The second kappa shape index (κ2) is 6.72. The van der Waals surface area contributed by atoms with Crippen LogP contribution >= 0.6 is 11.3 Å². The van der Waals surface area contributed by atoms with Crippen LogP contribution in [0.25, 0.3) is 22.3 Å². The number of hydrogen-bond donors (Lipinski definition) is 1. The first-order valence-corrected chi connectivity index (χ1v) is 9.23. The van der Waals surface area contributed by atoms with Gasteiger partial charge in [-0.05, 0) is 49.8 Å². The van der Waals surface area contributed by atoms with E-state index in [1.807, 2.05) is 26.0 Å². The molecule has 0 aliphatic heterocycles. The number of methoxy groups -OCH3 is 1. The summed E-state index contributed by atoms with van der Waals surface area (Å²) in [4.78, 5) is 22.2. The van der Waals surface area contributed by atoms with Crippen molar-refractivity contribution in [3.05, 3.63) is 68.1 Å². The fourth-order valence-corrected chi connectivity index (χ4v) is 3.99. The topological polar surface area (TPSA) is 76.7 Å². The molecule has 0 bridgehead atoms. The van der Waals surface area contributed by atoms with E-state index >= 15 is 0 Å². The molecule has 0 spiro atoms. The van der Waals surface area contributed by atoms with Crippen molar-refractivity contribution >= 4 is 22.4 Å². The Morgan fingerprint density at radius 1 is 1.18 bits per heavy atom. The van der Waals surface area contributed by atoms with Crippen LogP contribution in [0.3, 0.4) is 0 Å². The highest BCUT2D eigenvalue weighted by atomic mass is 32.1. The van der Waals surface area contributed by atoms with Crippen molar-refractivity contribution in [2.45, 2.75) is 13.8 Å². The quantitative estimate of drug-likeness (QED) is 0.575. The number of hydrogen-bond acceptors (Lipinski definition) is 6. The van der Waals surface area contributed by atoms with Gasteiger partial charge in [-0.15, -0.1) is 0 Å². The van der Waals surface area contributed by atoms with Crippen molar-refractivity contribution in [3.63, 3.8) is 0 Å². The first-order chi connectivity index (χ1) is 13.4. The summed E-state index contributed by atoms with van der Waals surface area (Å²) >= 11 is 1.21. The summed E-state index contributed by atoms with van der Waals surface area (Å²) in [5.74, 6) is -1.37. The molecule has 0 aliphatic carbocycles. The lowest BCUT2D eigenvalue weighted by Gasteiger charge is -2.04. The van der Waals surface area contributed by atoms with E-state index in [0.29, 0.717) is 20.8 Å². The van der Waals surface area contributed by atoms with Crippen LogP contribution in [0.4, 0.5) is 4.39 Å². The molecule has 6 nitrogen and oxygen atoms in total. The van der Waals surface area contributed by atoms with Crippen LogP contribution < -0.4 is 14.8 Å². The van der Waals surface area contributed by atoms with Crippen molar-refractivity contribution in [1.29, 1.82) is 0 Å². The summed E-state index contributed by atoms with van der Waals surface area (Å²) in [6, 6.07) is 6.45. The zero-order chi connectivity index (χ0) is 20.0. The molecule has 0 atom stereocenters. The van der Waals surface area contributed by atoms with Gasteiger partial charge in [0, 0.05) is 23.1 Å². The second-order valence-electron chi connectivity index (χ2n) is 6.39. The molecule has 142 valence electrons. The summed E-state index contributed by atoms with van der Waals surface area (Å²) in [7, 11) is 1.33. The molecule has 4 aromatic rings. The molecule has 1 N–H and O–H groups in total. The van der Waals surface area contributed by atoms with Gasteiger partial charge in [0.05, 0.1) is 17.3 Å². The number of phenols is 1. The van der Waals surface area contributed by atoms with Gasteiger partial charge in [0.2, 0.25) is 0 Å². The number of imidazole rings is 1. The fraction of sp³-hybridized carbons (Fsp3) is 0.150. The van der Waals surface area contributed by atoms with Gasteiger partial charge in [0.15, 0.2) is 22.3 Å². The molecule has 3 heterocycles. The normalized spacial score (nSPS) is 12.1. The number of ether oxygens (including phenoxy) is 1. The summed E-state index contributed by atoms with van der Waals surface area (Å²) in [5.41, 5.74) is 3.53. The summed E-state index contributed by atoms with van der Waals surface area (Å²) in [6.45, 7) is 3.82. The van der Waals surface area contributed by atoms with E-state index in [-0.39, 0.29) is 11.3 Å². The standard InChI is InChI=1S/C20H16FN3O3S/c1-10-4-13(5-11(2)22-10)15-9-24-19(26)17(28-20(24)23-15)8-12-6-14(21)18(25)16(7-12)27-3/h4-9,25H,1-3H3. The van der Waals surface area contributed by atoms with E-state index in [4.69, 9.17) is 4.74 Å². The Bertz CT molecular complexity index is 1310. The number of aromatic hydroxyl groups is 1. The highest BCUT2D eigenvalue weighted by Crippen LogP contribution is 2.30. The Labute approximate surface area is 163 Å². The van der Waals surface area contributed by atoms with Crippen LogP contribution in [0.1, 0.15) is 17.0 Å². The lowest BCUT2D eigenvalue weighted by atomic mass is 10.1. The van der Waals surface area contributed by atoms with Crippen molar-refractivity contribution in [1.82, 2.24) is 14.4 Å². The summed E-state index contributed by atoms with van der Waals surface area (Å²) in [5, 5.41) is 9.61. The van der Waals surface area contributed by atoms with Crippen LogP contribution in [-0.2, 0) is 0 Å². The van der Waals surface area contributed by atoms with Gasteiger partial charge in [-0.3, -0.25) is 14.2 Å². The largest absolute Gasteiger partial charge is 0.502 e. The van der Waals surface area contributed by atoms with Crippen LogP contribution in [0.15, 0.2) is 35.3 Å². The number of aryl methyl sites for hydroxylation is 2. The summed E-state index contributed by atoms with van der Waals surface area (Å²) in [6.07, 6.45) is 3.24. The Balaban J connectivity index is 1.82. The smallest absolute Gasteiger partial charge is 0.274 e. The first-order valence-electron chi connectivity index (χ1n) is 8.41. The Morgan fingerprint density at radius 2 is 1.89 bits per heavy atom. The van der Waals surface area contributed by atoms with Crippen LogP contribution in [-0.4, -0.2) is 26.6 Å². The molecular formula is C20H16FN3O3S. The number of pyridine rings is 1. The van der Waals surface area contributed by atoms with Crippen LogP contribution in [0, 0.1) is 19.7 Å². The predicted molar refractivity (Wildman–Crippen MR) is 105 cm³/mol. The van der Waals surface area contributed by atoms with Crippen LogP contribution in [0.2, 0.25) is 0 Å². The minimum absolute atomic E-state index is 0.00532. The second-order valence-corrected chi connectivity index (χ2v) is 7.40. The van der Waals surface area contributed by atoms with Gasteiger partial charge >= 0.3 is 0 Å². The molecule has 0 radical (unpaired) electrons. The average Bonchev–Trinajstić information content (AvgIpc) is 3.17. The molecule has 0 saturated carbocycles. The molecule has 8 heteroatoms. The number of halogens is 1. The minimum Gasteiger partial charge on any atom is -0.502 e. The van der Waals surface area contributed by atoms with E-state index in [0.717, 1.165) is 23.0 Å². The third-order valence-electron chi connectivity index (χ3n) is 4.25. The van der Waals surface area contributed by atoms with E-state index in [2.05, 4.69) is 9.97 Å². The van der Waals surface area contributed by atoms with Gasteiger partial charge in [-0.1, -0.05) is 11.3 Å². The van der Waals surface area contributed by atoms with Crippen molar-refractivity contribution in [2.75, 3.05) is 7.11 Å². The molecule has 0 fully saturated rings. The Hall–Kier alpha value is -3.26. The van der Waals surface area contributed by atoms with Crippen molar-refractivity contribution in [3.8, 4) is 22.8 Å². The zero-order valence-electron chi connectivity index (χ0n) is 15.4. The van der Waals surface area contributed by atoms with Crippen molar-refractivity contribution < 1.29 is 14.2 Å². The maximum absolute atomic E-state index is 13.8. The number of nitrogens with zero attached hydrogens (tertiary/aromatic N) is 3. The number of benzene rings is 1. The molecule has 0 amide bonds. The average molecular weight is 397 g/mol. The molecule has 1 aromatic carbocycles. The monoisotopic (exact) mass is 397 g/mol. The number of aromatic nitrogens is 3. The van der Waals surface area contributed by atoms with E-state index in [9.17, 15) is 14.3 Å². The number of rotatable bonds is 3. The molecule has 0 unspecified atom stereocenters. The number of thiazole rings is 1. The van der Waals surface area contributed by atoms with Crippen LogP contribution in [0.5, 0.6) is 11.5 Å². The lowest BCUT2D eigenvalue weighted by Crippen LogP contribution is -2.22. The fourth-order valence-electron chi connectivity index (χ4n) is 3.04. The maximum Gasteiger partial charge on any atom is 0.274 e. The lowest BCUT2D eigenvalue weighted by molar-refractivity contribution is 0.357. The zero-order valence-corrected chi connectivity index (χ0v) is 16.2. The number of fused-ring (bicyclic) bond motifs is 1. The van der Waals surface area contributed by atoms with E-state index in [1.54, 1.807) is 12.3 Å². The highest BCUT2D eigenvalue weighted by Gasteiger charge is 2.13. The van der Waals surface area contributed by atoms with Gasteiger partial charge in [-0.2, -0.15) is 0 Å². The van der Waals surface area contributed by atoms with Crippen molar-refractivity contribution in [2.24, 2.45) is 0 Å².